The Labute approximate surface area is 110 Å². The van der Waals surface area contributed by atoms with E-state index in [1.54, 1.807) is 23.1 Å². The molecule has 1 aliphatic heterocycles. The van der Waals surface area contributed by atoms with Crippen molar-refractivity contribution in [1.29, 1.82) is 0 Å². The zero-order valence-electron chi connectivity index (χ0n) is 10.7. The van der Waals surface area contributed by atoms with Crippen LogP contribution in [0.3, 0.4) is 0 Å². The minimum atomic E-state index is -0.304. The topological polar surface area (TPSA) is 82.1 Å². The Morgan fingerprint density at radius 3 is 3.00 bits per heavy atom. The van der Waals surface area contributed by atoms with E-state index in [1.165, 1.54) is 0 Å². The minimum Gasteiger partial charge on any atom is -0.393 e. The molecule has 2 unspecified atom stereocenters. The van der Waals surface area contributed by atoms with E-state index in [1.807, 2.05) is 6.92 Å². The maximum Gasteiger partial charge on any atom is 0.253 e. The summed E-state index contributed by atoms with van der Waals surface area (Å²) in [5.41, 5.74) is 2.06. The molecule has 2 aromatic rings. The van der Waals surface area contributed by atoms with E-state index in [4.69, 9.17) is 0 Å². The first-order valence-electron chi connectivity index (χ1n) is 6.43. The third kappa shape index (κ3) is 2.19. The maximum absolute atomic E-state index is 12.4. The average molecular weight is 260 g/mol. The molecule has 0 aliphatic carbocycles. The van der Waals surface area contributed by atoms with Crippen molar-refractivity contribution in [3.63, 3.8) is 0 Å². The largest absolute Gasteiger partial charge is 0.393 e. The van der Waals surface area contributed by atoms with Gasteiger partial charge in [0.1, 0.15) is 11.0 Å². The molecule has 1 aliphatic rings. The van der Waals surface area contributed by atoms with Gasteiger partial charge in [-0.2, -0.15) is 15.4 Å². The van der Waals surface area contributed by atoms with Crippen LogP contribution in [0.4, 0.5) is 0 Å². The van der Waals surface area contributed by atoms with E-state index in [9.17, 15) is 9.90 Å². The van der Waals surface area contributed by atoms with Crippen LogP contribution in [0.2, 0.25) is 0 Å². The summed E-state index contributed by atoms with van der Waals surface area (Å²) in [5.74, 6) is 0.108. The monoisotopic (exact) mass is 260 g/mol. The number of nitrogens with one attached hydrogen (secondary N) is 1. The molecule has 2 N–H and O–H groups in total. The summed E-state index contributed by atoms with van der Waals surface area (Å²) in [6, 6.07) is 5.30. The van der Waals surface area contributed by atoms with E-state index < -0.39 is 0 Å². The van der Waals surface area contributed by atoms with Crippen molar-refractivity contribution in [2.75, 3.05) is 13.1 Å². The molecule has 0 saturated carbocycles. The Kier molecular flexibility index (Phi) is 2.94. The highest BCUT2D eigenvalue weighted by Crippen LogP contribution is 2.19. The summed E-state index contributed by atoms with van der Waals surface area (Å²) in [5, 5.41) is 20.2. The summed E-state index contributed by atoms with van der Waals surface area (Å²) in [6.07, 6.45) is 0.334. The van der Waals surface area contributed by atoms with Crippen LogP contribution in [0.5, 0.6) is 0 Å². The van der Waals surface area contributed by atoms with Gasteiger partial charge in [0, 0.05) is 18.7 Å². The number of aliphatic hydroxyl groups is 1. The molecule has 0 radical (unpaired) electrons. The van der Waals surface area contributed by atoms with Crippen molar-refractivity contribution in [1.82, 2.24) is 20.3 Å². The van der Waals surface area contributed by atoms with Crippen LogP contribution in [0.1, 0.15) is 23.7 Å². The number of fused-ring (bicyclic) bond motifs is 1. The molecular weight excluding hydrogens is 244 g/mol. The second-order valence-corrected chi connectivity index (χ2v) is 5.11. The van der Waals surface area contributed by atoms with Gasteiger partial charge in [0.15, 0.2) is 0 Å². The number of aromatic amines is 1. The summed E-state index contributed by atoms with van der Waals surface area (Å²) in [6.45, 7) is 3.16. The van der Waals surface area contributed by atoms with Gasteiger partial charge in [-0.3, -0.25) is 4.79 Å². The molecule has 1 fully saturated rings. The first kappa shape index (κ1) is 12.1. The summed E-state index contributed by atoms with van der Waals surface area (Å²) in [7, 11) is 0. The van der Waals surface area contributed by atoms with Gasteiger partial charge in [-0.15, -0.1) is 0 Å². The maximum atomic E-state index is 12.4. The smallest absolute Gasteiger partial charge is 0.253 e. The van der Waals surface area contributed by atoms with E-state index in [0.717, 1.165) is 5.52 Å². The first-order valence-corrected chi connectivity index (χ1v) is 6.43. The average Bonchev–Trinajstić information content (AvgIpc) is 2.88. The molecule has 2 atom stereocenters. The fraction of sp³-hybridized carbons (Fsp3) is 0.462. The molecule has 100 valence electrons. The number of hydrogen-bond acceptors (Lipinski definition) is 4. The molecule has 1 aromatic heterocycles. The fourth-order valence-electron chi connectivity index (χ4n) is 2.47. The minimum absolute atomic E-state index is 0.0105. The number of rotatable bonds is 1. The van der Waals surface area contributed by atoms with Crippen LogP contribution < -0.4 is 0 Å². The Morgan fingerprint density at radius 1 is 1.42 bits per heavy atom. The number of likely N-dealkylation sites (tertiary alicyclic amines) is 1. The van der Waals surface area contributed by atoms with Crippen LogP contribution in [-0.2, 0) is 0 Å². The predicted octanol–water partition coefficient (Wildman–Crippen LogP) is 0.801. The summed E-state index contributed by atoms with van der Waals surface area (Å²) in [4.78, 5) is 14.2. The number of carbonyl (C=O) groups is 1. The Hall–Kier alpha value is -1.95. The lowest BCUT2D eigenvalue weighted by Crippen LogP contribution is -2.44. The number of nitrogens with zero attached hydrogens (tertiary/aromatic N) is 3. The molecule has 6 heteroatoms. The molecule has 2 heterocycles. The van der Waals surface area contributed by atoms with Crippen LogP contribution in [-0.4, -0.2) is 50.5 Å². The zero-order valence-corrected chi connectivity index (χ0v) is 10.7. The lowest BCUT2D eigenvalue weighted by molar-refractivity contribution is 0.0297. The van der Waals surface area contributed by atoms with Gasteiger partial charge in [-0.05, 0) is 30.5 Å². The summed E-state index contributed by atoms with van der Waals surface area (Å²) < 4.78 is 0. The lowest BCUT2D eigenvalue weighted by Gasteiger charge is -2.34. The number of aromatic nitrogens is 3. The van der Waals surface area contributed by atoms with Gasteiger partial charge in [-0.25, -0.2) is 0 Å². The van der Waals surface area contributed by atoms with Crippen LogP contribution in [0, 0.1) is 5.92 Å². The van der Waals surface area contributed by atoms with E-state index in [2.05, 4.69) is 15.4 Å². The van der Waals surface area contributed by atoms with Crippen molar-refractivity contribution in [2.45, 2.75) is 19.4 Å². The third-order valence-electron chi connectivity index (χ3n) is 3.71. The number of H-pyrrole nitrogens is 1. The van der Waals surface area contributed by atoms with E-state index in [0.29, 0.717) is 30.6 Å². The van der Waals surface area contributed by atoms with Crippen LogP contribution >= 0.6 is 0 Å². The van der Waals surface area contributed by atoms with Crippen molar-refractivity contribution >= 4 is 16.9 Å². The molecule has 3 rings (SSSR count). The van der Waals surface area contributed by atoms with Gasteiger partial charge in [-0.1, -0.05) is 6.92 Å². The first-order chi connectivity index (χ1) is 9.15. The zero-order chi connectivity index (χ0) is 13.4. The Balaban J connectivity index is 1.83. The molecule has 1 amide bonds. The predicted molar refractivity (Wildman–Crippen MR) is 69.6 cm³/mol. The molecule has 0 bridgehead atoms. The highest BCUT2D eigenvalue weighted by Gasteiger charge is 2.27. The van der Waals surface area contributed by atoms with Gasteiger partial charge in [0.25, 0.3) is 5.91 Å². The third-order valence-corrected chi connectivity index (χ3v) is 3.71. The summed E-state index contributed by atoms with van der Waals surface area (Å²) >= 11 is 0. The van der Waals surface area contributed by atoms with Gasteiger partial charge < -0.3 is 10.0 Å². The number of carbonyl (C=O) groups excluding carboxylic acids is 1. The number of amides is 1. The number of piperidine rings is 1. The van der Waals surface area contributed by atoms with Gasteiger partial charge in [0.05, 0.1) is 6.10 Å². The van der Waals surface area contributed by atoms with E-state index >= 15 is 0 Å². The quantitative estimate of drug-likeness (QED) is 0.794. The standard InChI is InChI=1S/C13H16N4O2/c1-8-7-17(5-4-12(8)18)13(19)9-2-3-10-11(6-9)15-16-14-10/h2-3,6,8,12,18H,4-5,7H2,1H3,(H,14,15,16). The Bertz CT molecular complexity index is 609. The molecule has 1 saturated heterocycles. The molecule has 0 spiro atoms. The molecule has 19 heavy (non-hydrogen) atoms. The number of benzene rings is 1. The van der Waals surface area contributed by atoms with Crippen LogP contribution in [0.15, 0.2) is 18.2 Å². The highest BCUT2D eigenvalue weighted by atomic mass is 16.3. The van der Waals surface area contributed by atoms with Crippen molar-refractivity contribution < 1.29 is 9.90 Å². The number of aliphatic hydroxyl groups excluding tert-OH is 1. The van der Waals surface area contributed by atoms with E-state index in [-0.39, 0.29) is 17.9 Å². The fourth-order valence-corrected chi connectivity index (χ4v) is 2.47. The second kappa shape index (κ2) is 4.62. The van der Waals surface area contributed by atoms with Gasteiger partial charge in [0.2, 0.25) is 0 Å². The Morgan fingerprint density at radius 2 is 2.21 bits per heavy atom. The van der Waals surface area contributed by atoms with Crippen molar-refractivity contribution in [3.8, 4) is 0 Å². The van der Waals surface area contributed by atoms with Crippen LogP contribution in [0.25, 0.3) is 11.0 Å². The molecular formula is C13H16N4O2. The van der Waals surface area contributed by atoms with Crippen molar-refractivity contribution in [3.05, 3.63) is 23.8 Å². The van der Waals surface area contributed by atoms with Gasteiger partial charge >= 0.3 is 0 Å². The van der Waals surface area contributed by atoms with Crippen molar-refractivity contribution in [2.24, 2.45) is 5.92 Å². The normalized spacial score (nSPS) is 23.8. The SMILES string of the molecule is CC1CN(C(=O)c2ccc3n[nH]nc3c2)CCC1O. The number of hydrogen-bond donors (Lipinski definition) is 2. The second-order valence-electron chi connectivity index (χ2n) is 5.11. The highest BCUT2D eigenvalue weighted by molar-refractivity contribution is 5.97. The lowest BCUT2D eigenvalue weighted by atomic mass is 9.96. The molecule has 6 nitrogen and oxygen atoms in total. The molecule has 1 aromatic carbocycles.